The van der Waals surface area contributed by atoms with Crippen LogP contribution in [0.2, 0.25) is 5.15 Å². The van der Waals surface area contributed by atoms with Gasteiger partial charge in [-0.05, 0) is 24.5 Å². The minimum absolute atomic E-state index is 0.320. The van der Waals surface area contributed by atoms with Crippen LogP contribution in [0, 0.1) is 11.3 Å². The third kappa shape index (κ3) is 3.13. The van der Waals surface area contributed by atoms with Gasteiger partial charge in [0, 0.05) is 6.07 Å². The van der Waals surface area contributed by atoms with Crippen molar-refractivity contribution in [3.8, 4) is 17.7 Å². The highest BCUT2D eigenvalue weighted by Gasteiger charge is 2.05. The molecule has 2 aromatic rings. The lowest BCUT2D eigenvalue weighted by Crippen LogP contribution is -1.92. The zero-order chi connectivity index (χ0) is 13.0. The quantitative estimate of drug-likeness (QED) is 0.488. The van der Waals surface area contributed by atoms with E-state index in [1.807, 2.05) is 12.3 Å². The second-order valence-corrected chi connectivity index (χ2v) is 4.42. The first-order valence-corrected chi connectivity index (χ1v) is 6.58. The first-order chi connectivity index (χ1) is 8.71. The van der Waals surface area contributed by atoms with Crippen molar-refractivity contribution in [1.29, 1.82) is 5.26 Å². The molecule has 0 spiro atoms. The highest BCUT2D eigenvalue weighted by molar-refractivity contribution is 7.98. The number of ether oxygens (including phenoxy) is 1. The summed E-state index contributed by atoms with van der Waals surface area (Å²) in [7, 11) is 0. The van der Waals surface area contributed by atoms with Gasteiger partial charge in [0.05, 0.1) is 11.6 Å². The number of hydrogen-bond acceptors (Lipinski definition) is 5. The first kappa shape index (κ1) is 12.7. The second kappa shape index (κ2) is 5.71. The SMILES string of the molecule is CSc1nc(Cl)cc(Oc2cccc(C#N)c2)n1. The summed E-state index contributed by atoms with van der Waals surface area (Å²) in [5, 5.41) is 9.66. The standard InChI is InChI=1S/C12H8ClN3OS/c1-18-12-15-10(13)6-11(16-12)17-9-4-2-3-8(5-9)7-14/h2-6H,1H3. The molecule has 1 aromatic carbocycles. The van der Waals surface area contributed by atoms with Crippen LogP contribution >= 0.6 is 23.4 Å². The molecule has 0 saturated heterocycles. The Bertz CT molecular complexity index is 613. The fourth-order valence-electron chi connectivity index (χ4n) is 1.27. The van der Waals surface area contributed by atoms with Crippen molar-refractivity contribution in [1.82, 2.24) is 9.97 Å². The van der Waals surface area contributed by atoms with Gasteiger partial charge >= 0.3 is 0 Å². The summed E-state index contributed by atoms with van der Waals surface area (Å²) in [5.41, 5.74) is 0.526. The molecule has 4 nitrogen and oxygen atoms in total. The number of benzene rings is 1. The summed E-state index contributed by atoms with van der Waals surface area (Å²) in [6.07, 6.45) is 1.85. The molecule has 18 heavy (non-hydrogen) atoms. The van der Waals surface area contributed by atoms with Gasteiger partial charge in [-0.25, -0.2) is 4.98 Å². The van der Waals surface area contributed by atoms with Crippen LogP contribution in [0.25, 0.3) is 0 Å². The predicted octanol–water partition coefficient (Wildman–Crippen LogP) is 3.52. The third-order valence-corrected chi connectivity index (χ3v) is 2.76. The Kier molecular flexibility index (Phi) is 4.03. The molecular weight excluding hydrogens is 270 g/mol. The minimum Gasteiger partial charge on any atom is -0.439 e. The van der Waals surface area contributed by atoms with Gasteiger partial charge < -0.3 is 4.74 Å². The molecule has 0 amide bonds. The number of halogens is 1. The lowest BCUT2D eigenvalue weighted by Gasteiger charge is -2.06. The smallest absolute Gasteiger partial charge is 0.224 e. The molecule has 0 saturated carbocycles. The van der Waals surface area contributed by atoms with Gasteiger partial charge in [0.25, 0.3) is 0 Å². The average Bonchev–Trinajstić information content (AvgIpc) is 2.38. The molecule has 0 unspecified atom stereocenters. The normalized spacial score (nSPS) is 9.83. The van der Waals surface area contributed by atoms with Crippen LogP contribution in [0.1, 0.15) is 5.56 Å². The number of nitrogens with zero attached hydrogens (tertiary/aromatic N) is 3. The lowest BCUT2D eigenvalue weighted by molar-refractivity contribution is 0.455. The molecule has 2 rings (SSSR count). The fraction of sp³-hybridized carbons (Fsp3) is 0.0833. The van der Waals surface area contributed by atoms with Crippen LogP contribution in [-0.4, -0.2) is 16.2 Å². The maximum atomic E-state index is 8.80. The Morgan fingerprint density at radius 3 is 2.89 bits per heavy atom. The highest BCUT2D eigenvalue weighted by atomic mass is 35.5. The fourth-order valence-corrected chi connectivity index (χ4v) is 1.86. The van der Waals surface area contributed by atoms with Crippen molar-refractivity contribution >= 4 is 23.4 Å². The van der Waals surface area contributed by atoms with Gasteiger partial charge in [-0.1, -0.05) is 29.4 Å². The zero-order valence-corrected chi connectivity index (χ0v) is 11.0. The number of rotatable bonds is 3. The first-order valence-electron chi connectivity index (χ1n) is 4.98. The van der Waals surface area contributed by atoms with Gasteiger partial charge in [0.2, 0.25) is 5.88 Å². The number of thioether (sulfide) groups is 1. The molecular formula is C12H8ClN3OS. The third-order valence-electron chi connectivity index (χ3n) is 2.02. The molecule has 0 radical (unpaired) electrons. The van der Waals surface area contributed by atoms with E-state index < -0.39 is 0 Å². The Morgan fingerprint density at radius 2 is 2.17 bits per heavy atom. The molecule has 1 aromatic heterocycles. The number of nitriles is 1. The van der Waals surface area contributed by atoms with E-state index in [1.54, 1.807) is 24.3 Å². The molecule has 1 heterocycles. The van der Waals surface area contributed by atoms with Gasteiger partial charge in [-0.15, -0.1) is 0 Å². The second-order valence-electron chi connectivity index (χ2n) is 3.26. The highest BCUT2D eigenvalue weighted by Crippen LogP contribution is 2.24. The minimum atomic E-state index is 0.320. The van der Waals surface area contributed by atoms with E-state index in [2.05, 4.69) is 9.97 Å². The van der Waals surface area contributed by atoms with Crippen molar-refractivity contribution in [3.05, 3.63) is 41.0 Å². The van der Waals surface area contributed by atoms with Crippen LogP contribution in [0.3, 0.4) is 0 Å². The summed E-state index contributed by atoms with van der Waals surface area (Å²) in [5.74, 6) is 0.894. The Balaban J connectivity index is 2.28. The van der Waals surface area contributed by atoms with Crippen LogP contribution < -0.4 is 4.74 Å². The molecule has 0 bridgehead atoms. The van der Waals surface area contributed by atoms with E-state index in [-0.39, 0.29) is 0 Å². The number of hydrogen-bond donors (Lipinski definition) is 0. The van der Waals surface area contributed by atoms with E-state index in [4.69, 9.17) is 21.6 Å². The largest absolute Gasteiger partial charge is 0.439 e. The monoisotopic (exact) mass is 277 g/mol. The molecule has 0 aliphatic rings. The molecule has 0 atom stereocenters. The van der Waals surface area contributed by atoms with E-state index in [0.29, 0.717) is 27.5 Å². The van der Waals surface area contributed by atoms with Gasteiger partial charge in [0.1, 0.15) is 10.9 Å². The maximum absolute atomic E-state index is 8.80. The molecule has 0 fully saturated rings. The van der Waals surface area contributed by atoms with Crippen molar-refractivity contribution in [2.24, 2.45) is 0 Å². The summed E-state index contributed by atoms with van der Waals surface area (Å²) in [4.78, 5) is 8.18. The molecule has 90 valence electrons. The summed E-state index contributed by atoms with van der Waals surface area (Å²) in [6.45, 7) is 0. The Morgan fingerprint density at radius 1 is 1.33 bits per heavy atom. The van der Waals surface area contributed by atoms with E-state index in [9.17, 15) is 0 Å². The van der Waals surface area contributed by atoms with Crippen molar-refractivity contribution in [2.75, 3.05) is 6.26 Å². The Hall–Kier alpha value is -1.77. The van der Waals surface area contributed by atoms with Crippen LogP contribution in [0.4, 0.5) is 0 Å². The topological polar surface area (TPSA) is 58.8 Å². The van der Waals surface area contributed by atoms with Crippen LogP contribution in [0.5, 0.6) is 11.6 Å². The van der Waals surface area contributed by atoms with Crippen molar-refractivity contribution in [2.45, 2.75) is 5.16 Å². The molecule has 0 aliphatic carbocycles. The average molecular weight is 278 g/mol. The zero-order valence-electron chi connectivity index (χ0n) is 9.42. The Labute approximate surface area is 114 Å². The van der Waals surface area contributed by atoms with Gasteiger partial charge in [-0.3, -0.25) is 0 Å². The van der Waals surface area contributed by atoms with E-state index in [0.717, 1.165) is 0 Å². The predicted molar refractivity (Wildman–Crippen MR) is 70.1 cm³/mol. The van der Waals surface area contributed by atoms with E-state index in [1.165, 1.54) is 17.8 Å². The van der Waals surface area contributed by atoms with Gasteiger partial charge in [-0.2, -0.15) is 10.2 Å². The summed E-state index contributed by atoms with van der Waals surface area (Å²) < 4.78 is 5.54. The van der Waals surface area contributed by atoms with Crippen LogP contribution in [0.15, 0.2) is 35.5 Å². The molecule has 6 heteroatoms. The van der Waals surface area contributed by atoms with Crippen molar-refractivity contribution < 1.29 is 4.74 Å². The van der Waals surface area contributed by atoms with Crippen molar-refractivity contribution in [3.63, 3.8) is 0 Å². The molecule has 0 N–H and O–H groups in total. The van der Waals surface area contributed by atoms with E-state index >= 15 is 0 Å². The number of aromatic nitrogens is 2. The maximum Gasteiger partial charge on any atom is 0.224 e. The van der Waals surface area contributed by atoms with Crippen LogP contribution in [-0.2, 0) is 0 Å². The van der Waals surface area contributed by atoms with Gasteiger partial charge in [0.15, 0.2) is 5.16 Å². The lowest BCUT2D eigenvalue weighted by atomic mass is 10.2. The summed E-state index contributed by atoms with van der Waals surface area (Å²) in [6, 6.07) is 10.4. The molecule has 0 aliphatic heterocycles. The summed E-state index contributed by atoms with van der Waals surface area (Å²) >= 11 is 7.23.